The third kappa shape index (κ3) is 5.52. The lowest BCUT2D eigenvalue weighted by atomic mass is 10.1. The minimum atomic E-state index is -0.545. The zero-order valence-electron chi connectivity index (χ0n) is 16.3. The molecule has 156 valence electrons. The fraction of sp³-hybridized carbons (Fsp3) is 0.0455. The predicted octanol–water partition coefficient (Wildman–Crippen LogP) is 4.65. The van der Waals surface area contributed by atoms with Crippen LogP contribution in [0, 0.1) is 10.1 Å². The van der Waals surface area contributed by atoms with Crippen LogP contribution in [0.15, 0.2) is 77.9 Å². The molecule has 0 saturated carbocycles. The number of carbonyl (C=O) groups excluding carboxylic acids is 2. The lowest BCUT2D eigenvalue weighted by Crippen LogP contribution is -2.22. The van der Waals surface area contributed by atoms with Crippen LogP contribution in [0.25, 0.3) is 0 Å². The maximum Gasteiger partial charge on any atom is 0.273 e. The lowest BCUT2D eigenvalue weighted by molar-refractivity contribution is -0.384. The van der Waals surface area contributed by atoms with Gasteiger partial charge >= 0.3 is 0 Å². The number of anilines is 1. The van der Waals surface area contributed by atoms with Crippen molar-refractivity contribution in [1.29, 1.82) is 0 Å². The number of halogens is 1. The Balaban J connectivity index is 1.76. The number of rotatable bonds is 6. The fourth-order valence-electron chi connectivity index (χ4n) is 2.69. The molecule has 0 unspecified atom stereocenters. The molecular weight excluding hydrogens is 420 g/mol. The Morgan fingerprint density at radius 2 is 1.65 bits per heavy atom. The highest BCUT2D eigenvalue weighted by molar-refractivity contribution is 6.30. The molecule has 9 heteroatoms. The lowest BCUT2D eigenvalue weighted by Gasteiger charge is -2.10. The highest BCUT2D eigenvalue weighted by atomic mass is 35.5. The molecule has 0 aliphatic carbocycles. The van der Waals surface area contributed by atoms with Crippen molar-refractivity contribution in [1.82, 2.24) is 5.43 Å². The number of non-ortho nitro benzene ring substituents is 1. The Hall–Kier alpha value is -4.04. The van der Waals surface area contributed by atoms with E-state index in [4.69, 9.17) is 11.6 Å². The van der Waals surface area contributed by atoms with Crippen LogP contribution in [0.3, 0.4) is 0 Å². The summed E-state index contributed by atoms with van der Waals surface area (Å²) in [4.78, 5) is 35.5. The van der Waals surface area contributed by atoms with Crippen LogP contribution in [0.1, 0.15) is 33.2 Å². The molecule has 3 rings (SSSR count). The number of amides is 2. The Labute approximate surface area is 182 Å². The van der Waals surface area contributed by atoms with Gasteiger partial charge in [0.05, 0.1) is 21.9 Å². The van der Waals surface area contributed by atoms with Crippen molar-refractivity contribution in [3.8, 4) is 0 Å². The van der Waals surface area contributed by atoms with Gasteiger partial charge in [-0.1, -0.05) is 35.9 Å². The van der Waals surface area contributed by atoms with Gasteiger partial charge in [-0.25, -0.2) is 5.43 Å². The zero-order valence-corrected chi connectivity index (χ0v) is 17.1. The van der Waals surface area contributed by atoms with Crippen molar-refractivity contribution < 1.29 is 14.5 Å². The van der Waals surface area contributed by atoms with Gasteiger partial charge in [0.2, 0.25) is 0 Å². The molecule has 2 N–H and O–H groups in total. The molecule has 0 radical (unpaired) electrons. The van der Waals surface area contributed by atoms with Crippen LogP contribution >= 0.6 is 11.6 Å². The molecule has 0 atom stereocenters. The number of para-hydroxylation sites is 1. The third-order valence-corrected chi connectivity index (χ3v) is 4.58. The predicted molar refractivity (Wildman–Crippen MR) is 119 cm³/mol. The molecule has 2 amide bonds. The minimum absolute atomic E-state index is 0.0753. The Morgan fingerprint density at radius 3 is 2.35 bits per heavy atom. The van der Waals surface area contributed by atoms with Gasteiger partial charge in [0, 0.05) is 28.3 Å². The quantitative estimate of drug-likeness (QED) is 0.332. The monoisotopic (exact) mass is 436 g/mol. The van der Waals surface area contributed by atoms with Crippen molar-refractivity contribution in [3.63, 3.8) is 0 Å². The molecular formula is C22H17ClN4O4. The summed E-state index contributed by atoms with van der Waals surface area (Å²) in [5.41, 5.74) is 4.13. The highest BCUT2D eigenvalue weighted by Gasteiger charge is 2.14. The van der Waals surface area contributed by atoms with Gasteiger partial charge in [0.15, 0.2) is 0 Å². The van der Waals surface area contributed by atoms with Gasteiger partial charge in [0.1, 0.15) is 0 Å². The topological polar surface area (TPSA) is 114 Å². The second kappa shape index (κ2) is 9.64. The van der Waals surface area contributed by atoms with E-state index in [0.717, 1.165) is 0 Å². The van der Waals surface area contributed by atoms with E-state index in [1.54, 1.807) is 61.5 Å². The molecule has 31 heavy (non-hydrogen) atoms. The van der Waals surface area contributed by atoms with E-state index < -0.39 is 16.7 Å². The summed E-state index contributed by atoms with van der Waals surface area (Å²) in [6.07, 6.45) is 0. The van der Waals surface area contributed by atoms with E-state index in [2.05, 4.69) is 15.8 Å². The largest absolute Gasteiger partial charge is 0.321 e. The van der Waals surface area contributed by atoms with Gasteiger partial charge in [-0.2, -0.15) is 5.10 Å². The molecule has 0 spiro atoms. The highest BCUT2D eigenvalue weighted by Crippen LogP contribution is 2.18. The van der Waals surface area contributed by atoms with Crippen molar-refractivity contribution in [2.24, 2.45) is 5.10 Å². The zero-order chi connectivity index (χ0) is 22.4. The van der Waals surface area contributed by atoms with E-state index in [1.807, 2.05) is 0 Å². The average molecular weight is 437 g/mol. The number of nitrogens with one attached hydrogen (secondary N) is 2. The molecule has 8 nitrogen and oxygen atoms in total. The SMILES string of the molecule is C/C(=N/NC(=O)c1ccccc1NC(=O)c1ccc(Cl)cc1)c1cccc([N+](=O)[O-])c1. The second-order valence-electron chi connectivity index (χ2n) is 6.45. The van der Waals surface area contributed by atoms with Crippen molar-refractivity contribution in [2.75, 3.05) is 5.32 Å². The van der Waals surface area contributed by atoms with Crippen LogP contribution < -0.4 is 10.7 Å². The van der Waals surface area contributed by atoms with Crippen LogP contribution in [0.4, 0.5) is 11.4 Å². The summed E-state index contributed by atoms with van der Waals surface area (Å²) < 4.78 is 0. The van der Waals surface area contributed by atoms with E-state index in [9.17, 15) is 19.7 Å². The standard InChI is InChI=1S/C22H17ClN4O4/c1-14(16-5-4-6-18(13-16)27(30)31)25-26-22(29)19-7-2-3-8-20(19)24-21(28)15-9-11-17(23)12-10-15/h2-13H,1H3,(H,24,28)(H,26,29)/b25-14-. The average Bonchev–Trinajstić information content (AvgIpc) is 2.78. The molecule has 0 aliphatic rings. The maximum absolute atomic E-state index is 12.6. The van der Waals surface area contributed by atoms with Gasteiger partial charge < -0.3 is 5.32 Å². The van der Waals surface area contributed by atoms with E-state index in [1.165, 1.54) is 18.2 Å². The molecule has 3 aromatic rings. The molecule has 0 aromatic heterocycles. The first-order valence-electron chi connectivity index (χ1n) is 9.10. The van der Waals surface area contributed by atoms with Crippen LogP contribution in [-0.4, -0.2) is 22.4 Å². The second-order valence-corrected chi connectivity index (χ2v) is 6.89. The van der Waals surface area contributed by atoms with Crippen LogP contribution in [-0.2, 0) is 0 Å². The number of hydrazone groups is 1. The molecule has 0 saturated heterocycles. The molecule has 0 aliphatic heterocycles. The number of hydrogen-bond donors (Lipinski definition) is 2. The Morgan fingerprint density at radius 1 is 0.935 bits per heavy atom. The number of nitro groups is 1. The first-order chi connectivity index (χ1) is 14.8. The maximum atomic E-state index is 12.6. The molecule has 3 aromatic carbocycles. The summed E-state index contributed by atoms with van der Waals surface area (Å²) >= 11 is 5.84. The summed E-state index contributed by atoms with van der Waals surface area (Å²) in [6.45, 7) is 1.62. The van der Waals surface area contributed by atoms with E-state index in [0.29, 0.717) is 27.5 Å². The van der Waals surface area contributed by atoms with Crippen molar-refractivity contribution in [2.45, 2.75) is 6.92 Å². The minimum Gasteiger partial charge on any atom is -0.321 e. The van der Waals surface area contributed by atoms with Crippen LogP contribution in [0.2, 0.25) is 5.02 Å². The van der Waals surface area contributed by atoms with E-state index >= 15 is 0 Å². The normalized spacial score (nSPS) is 11.0. The first kappa shape index (κ1) is 21.7. The van der Waals surface area contributed by atoms with Crippen molar-refractivity contribution >= 4 is 40.5 Å². The number of benzene rings is 3. The molecule has 0 fully saturated rings. The summed E-state index contributed by atoms with van der Waals surface area (Å²) in [5, 5.41) is 18.2. The Bertz CT molecular complexity index is 1180. The first-order valence-corrected chi connectivity index (χ1v) is 9.48. The van der Waals surface area contributed by atoms with Crippen LogP contribution in [0.5, 0.6) is 0 Å². The van der Waals surface area contributed by atoms with Gasteiger partial charge in [0.25, 0.3) is 17.5 Å². The van der Waals surface area contributed by atoms with Crippen molar-refractivity contribution in [3.05, 3.63) is 105 Å². The summed E-state index contributed by atoms with van der Waals surface area (Å²) in [7, 11) is 0. The summed E-state index contributed by atoms with van der Waals surface area (Å²) in [6, 6.07) is 18.8. The van der Waals surface area contributed by atoms with E-state index in [-0.39, 0.29) is 11.3 Å². The number of hydrogen-bond acceptors (Lipinski definition) is 5. The summed E-state index contributed by atoms with van der Waals surface area (Å²) in [5.74, 6) is -0.940. The third-order valence-electron chi connectivity index (χ3n) is 4.33. The molecule has 0 heterocycles. The Kier molecular flexibility index (Phi) is 6.74. The number of carbonyl (C=O) groups is 2. The number of nitrogens with zero attached hydrogens (tertiary/aromatic N) is 2. The van der Waals surface area contributed by atoms with Gasteiger partial charge in [-0.3, -0.25) is 19.7 Å². The number of nitro benzene ring substituents is 1. The molecule has 0 bridgehead atoms. The van der Waals surface area contributed by atoms with Gasteiger partial charge in [-0.15, -0.1) is 0 Å². The van der Waals surface area contributed by atoms with Gasteiger partial charge in [-0.05, 0) is 43.3 Å². The smallest absolute Gasteiger partial charge is 0.273 e. The fourth-order valence-corrected chi connectivity index (χ4v) is 2.82.